The third kappa shape index (κ3) is 3.51. The normalized spacial score (nSPS) is 14.9. The molecule has 2 heterocycles. The average molecular weight is 365 g/mol. The third-order valence-electron chi connectivity index (χ3n) is 4.81. The lowest BCUT2D eigenvalue weighted by Gasteiger charge is -2.13. The maximum Gasteiger partial charge on any atom is 0.326 e. The minimum atomic E-state index is -1.03. The molecule has 1 saturated carbocycles. The summed E-state index contributed by atoms with van der Waals surface area (Å²) in [6.45, 7) is 1.74. The number of rotatable bonds is 6. The van der Waals surface area contributed by atoms with Crippen LogP contribution in [0.15, 0.2) is 36.5 Å². The van der Waals surface area contributed by atoms with Crippen molar-refractivity contribution in [3.05, 3.63) is 47.9 Å². The van der Waals surface area contributed by atoms with E-state index in [1.54, 1.807) is 17.8 Å². The van der Waals surface area contributed by atoms with Gasteiger partial charge in [0, 0.05) is 11.6 Å². The van der Waals surface area contributed by atoms with Crippen molar-refractivity contribution in [2.45, 2.75) is 32.2 Å². The van der Waals surface area contributed by atoms with Gasteiger partial charge in [0.25, 0.3) is 5.91 Å². The molecule has 138 valence electrons. The smallest absolute Gasteiger partial charge is 0.326 e. The van der Waals surface area contributed by atoms with Crippen molar-refractivity contribution >= 4 is 22.8 Å². The number of carbonyl (C=O) groups is 2. The van der Waals surface area contributed by atoms with Gasteiger partial charge in [-0.2, -0.15) is 0 Å². The number of nitrogens with one attached hydrogen (secondary N) is 1. The molecule has 0 spiro atoms. The Bertz CT molecular complexity index is 1030. The highest BCUT2D eigenvalue weighted by molar-refractivity contribution is 5.95. The van der Waals surface area contributed by atoms with Crippen molar-refractivity contribution in [3.8, 4) is 5.69 Å². The van der Waals surface area contributed by atoms with Gasteiger partial charge in [-0.05, 0) is 43.5 Å². The zero-order valence-electron chi connectivity index (χ0n) is 14.8. The number of benzene rings is 1. The van der Waals surface area contributed by atoms with Crippen LogP contribution in [0, 0.1) is 12.8 Å². The largest absolute Gasteiger partial charge is 0.480 e. The second kappa shape index (κ2) is 6.79. The van der Waals surface area contributed by atoms with E-state index in [2.05, 4.69) is 20.6 Å². The number of carboxylic acid groups (broad SMARTS) is 1. The number of amides is 1. The first kappa shape index (κ1) is 17.1. The monoisotopic (exact) mass is 365 g/mol. The van der Waals surface area contributed by atoms with Crippen LogP contribution in [0.5, 0.6) is 0 Å². The number of hydrogen-bond donors (Lipinski definition) is 2. The Morgan fingerprint density at radius 1 is 1.33 bits per heavy atom. The Hall–Kier alpha value is -3.29. The Labute approximate surface area is 155 Å². The molecule has 1 aliphatic rings. The number of carbonyl (C=O) groups excluding carboxylic acids is 1. The molecule has 0 bridgehead atoms. The minimum absolute atomic E-state index is 0.128. The zero-order chi connectivity index (χ0) is 19.0. The maximum atomic E-state index is 12.5. The van der Waals surface area contributed by atoms with Gasteiger partial charge < -0.3 is 10.4 Å². The van der Waals surface area contributed by atoms with Crippen molar-refractivity contribution in [2.75, 3.05) is 0 Å². The van der Waals surface area contributed by atoms with Gasteiger partial charge in [0.15, 0.2) is 5.69 Å². The average Bonchev–Trinajstić information content (AvgIpc) is 3.40. The predicted molar refractivity (Wildman–Crippen MR) is 97.6 cm³/mol. The number of hydrogen-bond acceptors (Lipinski definition) is 5. The first-order valence-electron chi connectivity index (χ1n) is 8.84. The van der Waals surface area contributed by atoms with Crippen LogP contribution in [-0.2, 0) is 4.79 Å². The highest BCUT2D eigenvalue weighted by atomic mass is 16.4. The second-order valence-electron chi connectivity index (χ2n) is 6.86. The topological polar surface area (TPSA) is 110 Å². The summed E-state index contributed by atoms with van der Waals surface area (Å²) >= 11 is 0. The molecule has 8 nitrogen and oxygen atoms in total. The van der Waals surface area contributed by atoms with E-state index < -0.39 is 17.9 Å². The third-order valence-corrected chi connectivity index (χ3v) is 4.81. The summed E-state index contributed by atoms with van der Waals surface area (Å²) in [7, 11) is 0. The lowest BCUT2D eigenvalue weighted by Crippen LogP contribution is -2.41. The molecule has 0 radical (unpaired) electrons. The number of aromatic nitrogens is 4. The summed E-state index contributed by atoms with van der Waals surface area (Å²) in [5, 5.41) is 20.9. The lowest BCUT2D eigenvalue weighted by atomic mass is 10.1. The summed E-state index contributed by atoms with van der Waals surface area (Å²) in [6, 6.07) is 8.54. The Morgan fingerprint density at radius 2 is 2.15 bits per heavy atom. The molecule has 1 fully saturated rings. The van der Waals surface area contributed by atoms with Crippen LogP contribution >= 0.6 is 0 Å². The summed E-state index contributed by atoms with van der Waals surface area (Å²) in [6.07, 6.45) is 4.22. The molecule has 2 N–H and O–H groups in total. The van der Waals surface area contributed by atoms with Gasteiger partial charge in [-0.15, -0.1) is 5.10 Å². The Kier molecular flexibility index (Phi) is 4.31. The molecule has 4 rings (SSSR count). The Balaban J connectivity index is 1.58. The van der Waals surface area contributed by atoms with E-state index in [1.165, 1.54) is 0 Å². The standard InChI is InChI=1S/C19H19N5O3/c1-11-17(18(25)21-16(19(26)27)9-12-4-5-12)22-23-24(11)14-6-7-15-13(10-14)3-2-8-20-15/h2-3,6-8,10,12,16H,4-5,9H2,1H3,(H,21,25)(H,26,27). The summed E-state index contributed by atoms with van der Waals surface area (Å²) in [5.74, 6) is -1.16. The first-order valence-corrected chi connectivity index (χ1v) is 8.84. The zero-order valence-corrected chi connectivity index (χ0v) is 14.8. The van der Waals surface area contributed by atoms with E-state index in [-0.39, 0.29) is 5.69 Å². The van der Waals surface area contributed by atoms with Gasteiger partial charge in [0.05, 0.1) is 16.9 Å². The molecule has 3 aromatic rings. The molecular weight excluding hydrogens is 346 g/mol. The first-order chi connectivity index (χ1) is 13.0. The van der Waals surface area contributed by atoms with Crippen molar-refractivity contribution in [3.63, 3.8) is 0 Å². The molecule has 8 heteroatoms. The summed E-state index contributed by atoms with van der Waals surface area (Å²) < 4.78 is 1.57. The van der Waals surface area contributed by atoms with Gasteiger partial charge in [0.1, 0.15) is 6.04 Å². The van der Waals surface area contributed by atoms with Crippen LogP contribution in [0.3, 0.4) is 0 Å². The number of nitrogens with zero attached hydrogens (tertiary/aromatic N) is 4. The summed E-state index contributed by atoms with van der Waals surface area (Å²) in [4.78, 5) is 28.2. The van der Waals surface area contributed by atoms with Gasteiger partial charge in [0.2, 0.25) is 0 Å². The molecule has 1 unspecified atom stereocenters. The van der Waals surface area contributed by atoms with E-state index in [0.717, 1.165) is 29.4 Å². The van der Waals surface area contributed by atoms with Crippen molar-refractivity contribution < 1.29 is 14.7 Å². The van der Waals surface area contributed by atoms with Gasteiger partial charge in [-0.25, -0.2) is 9.48 Å². The van der Waals surface area contributed by atoms with E-state index in [1.807, 2.05) is 30.3 Å². The molecule has 1 aromatic carbocycles. The predicted octanol–water partition coefficient (Wildman–Crippen LogP) is 2.11. The highest BCUT2D eigenvalue weighted by Gasteiger charge is 2.31. The molecule has 1 amide bonds. The van der Waals surface area contributed by atoms with E-state index in [0.29, 0.717) is 18.0 Å². The number of carboxylic acids is 1. The molecule has 1 atom stereocenters. The molecule has 2 aromatic heterocycles. The number of fused-ring (bicyclic) bond motifs is 1. The van der Waals surface area contributed by atoms with Gasteiger partial charge in [-0.1, -0.05) is 24.1 Å². The quantitative estimate of drug-likeness (QED) is 0.692. The van der Waals surface area contributed by atoms with E-state index in [4.69, 9.17) is 0 Å². The van der Waals surface area contributed by atoms with Crippen LogP contribution in [0.2, 0.25) is 0 Å². The van der Waals surface area contributed by atoms with E-state index in [9.17, 15) is 14.7 Å². The van der Waals surface area contributed by atoms with Crippen LogP contribution < -0.4 is 5.32 Å². The van der Waals surface area contributed by atoms with Crippen molar-refractivity contribution in [1.82, 2.24) is 25.3 Å². The fraction of sp³-hybridized carbons (Fsp3) is 0.316. The molecule has 1 aliphatic carbocycles. The number of pyridine rings is 1. The molecular formula is C19H19N5O3. The fourth-order valence-electron chi connectivity index (χ4n) is 3.11. The van der Waals surface area contributed by atoms with E-state index >= 15 is 0 Å². The molecule has 0 aliphatic heterocycles. The lowest BCUT2D eigenvalue weighted by molar-refractivity contribution is -0.139. The molecule has 0 saturated heterocycles. The van der Waals surface area contributed by atoms with Crippen LogP contribution in [0.25, 0.3) is 16.6 Å². The van der Waals surface area contributed by atoms with Gasteiger partial charge >= 0.3 is 5.97 Å². The SMILES string of the molecule is Cc1c(C(=O)NC(CC2CC2)C(=O)O)nnn1-c1ccc2ncccc2c1. The summed E-state index contributed by atoms with van der Waals surface area (Å²) in [5.41, 5.74) is 2.29. The van der Waals surface area contributed by atoms with Crippen LogP contribution in [-0.4, -0.2) is 43.0 Å². The van der Waals surface area contributed by atoms with Crippen molar-refractivity contribution in [2.24, 2.45) is 5.92 Å². The minimum Gasteiger partial charge on any atom is -0.480 e. The van der Waals surface area contributed by atoms with Crippen LogP contribution in [0.1, 0.15) is 35.4 Å². The Morgan fingerprint density at radius 3 is 2.89 bits per heavy atom. The van der Waals surface area contributed by atoms with Gasteiger partial charge in [-0.3, -0.25) is 9.78 Å². The van der Waals surface area contributed by atoms with Crippen molar-refractivity contribution in [1.29, 1.82) is 0 Å². The molecule has 27 heavy (non-hydrogen) atoms. The highest BCUT2D eigenvalue weighted by Crippen LogP contribution is 2.33. The second-order valence-corrected chi connectivity index (χ2v) is 6.86. The maximum absolute atomic E-state index is 12.5. The number of aliphatic carboxylic acids is 1. The van der Waals surface area contributed by atoms with Crippen LogP contribution in [0.4, 0.5) is 0 Å². The fourth-order valence-corrected chi connectivity index (χ4v) is 3.11.